The molecule has 2 aromatic heterocycles. The Kier molecular flexibility index (Phi) is 4.60. The molecule has 0 aliphatic rings. The molecule has 0 fully saturated rings. The predicted molar refractivity (Wildman–Crippen MR) is 79.3 cm³/mol. The maximum absolute atomic E-state index is 4.29. The molecule has 2 heterocycles. The van der Waals surface area contributed by atoms with Crippen molar-refractivity contribution in [1.82, 2.24) is 9.97 Å². The van der Waals surface area contributed by atoms with Gasteiger partial charge in [0.25, 0.3) is 0 Å². The van der Waals surface area contributed by atoms with Gasteiger partial charge < -0.3 is 5.32 Å². The second-order valence-electron chi connectivity index (χ2n) is 4.33. The van der Waals surface area contributed by atoms with Crippen LogP contribution in [0.4, 0.5) is 5.82 Å². The Hall–Kier alpha value is -1.07. The highest BCUT2D eigenvalue weighted by Crippen LogP contribution is 2.29. The van der Waals surface area contributed by atoms with Gasteiger partial charge in [0.2, 0.25) is 0 Å². The van der Waals surface area contributed by atoms with E-state index in [0.717, 1.165) is 10.8 Å². The normalized spacial score (nSPS) is 12.7. The van der Waals surface area contributed by atoms with Crippen molar-refractivity contribution < 1.29 is 0 Å². The topological polar surface area (TPSA) is 37.8 Å². The van der Waals surface area contributed by atoms with E-state index < -0.39 is 0 Å². The van der Waals surface area contributed by atoms with Gasteiger partial charge in [0, 0.05) is 10.9 Å². The van der Waals surface area contributed by atoms with Gasteiger partial charge in [-0.25, -0.2) is 9.97 Å². The van der Waals surface area contributed by atoms with E-state index in [9.17, 15) is 0 Å². The summed E-state index contributed by atoms with van der Waals surface area (Å²) in [6.07, 6.45) is 3.63. The van der Waals surface area contributed by atoms with E-state index in [1.54, 1.807) is 29.4 Å². The fraction of sp³-hybridized carbons (Fsp3) is 0.385. The molecule has 0 aromatic carbocycles. The smallest absolute Gasteiger partial charge is 0.130 e. The number of anilines is 1. The highest BCUT2D eigenvalue weighted by atomic mass is 32.2. The van der Waals surface area contributed by atoms with Crippen LogP contribution in [-0.4, -0.2) is 16.2 Å². The Morgan fingerprint density at radius 1 is 1.33 bits per heavy atom. The van der Waals surface area contributed by atoms with Crippen LogP contribution in [0, 0.1) is 5.92 Å². The molecule has 1 N–H and O–H groups in total. The maximum atomic E-state index is 4.29. The molecule has 0 aliphatic heterocycles. The van der Waals surface area contributed by atoms with Crippen LogP contribution in [0.5, 0.6) is 0 Å². The third kappa shape index (κ3) is 3.23. The highest BCUT2D eigenvalue weighted by Gasteiger charge is 2.17. The zero-order valence-corrected chi connectivity index (χ0v) is 12.4. The number of thiophene rings is 1. The first-order valence-electron chi connectivity index (χ1n) is 5.86. The van der Waals surface area contributed by atoms with Crippen LogP contribution in [0.1, 0.15) is 24.8 Å². The van der Waals surface area contributed by atoms with Gasteiger partial charge in [0.1, 0.15) is 17.2 Å². The van der Waals surface area contributed by atoms with Crippen LogP contribution in [-0.2, 0) is 0 Å². The van der Waals surface area contributed by atoms with E-state index in [1.807, 2.05) is 12.3 Å². The van der Waals surface area contributed by atoms with Gasteiger partial charge in [0.15, 0.2) is 0 Å². The molecule has 5 heteroatoms. The summed E-state index contributed by atoms with van der Waals surface area (Å²) in [4.78, 5) is 9.82. The minimum atomic E-state index is 0.301. The first kappa shape index (κ1) is 13.4. The summed E-state index contributed by atoms with van der Waals surface area (Å²) in [5.41, 5.74) is 0. The summed E-state index contributed by atoms with van der Waals surface area (Å²) in [7, 11) is 0. The lowest BCUT2D eigenvalue weighted by Crippen LogP contribution is -2.16. The van der Waals surface area contributed by atoms with E-state index >= 15 is 0 Å². The molecule has 1 atom stereocenters. The van der Waals surface area contributed by atoms with E-state index in [0.29, 0.717) is 12.0 Å². The van der Waals surface area contributed by atoms with Crippen LogP contribution in [0.3, 0.4) is 0 Å². The fourth-order valence-electron chi connectivity index (χ4n) is 1.72. The third-order valence-electron chi connectivity index (χ3n) is 2.67. The third-order valence-corrected chi connectivity index (χ3v) is 4.27. The van der Waals surface area contributed by atoms with E-state index in [1.165, 1.54) is 4.88 Å². The molecule has 0 aliphatic carbocycles. The molecule has 18 heavy (non-hydrogen) atoms. The lowest BCUT2D eigenvalue weighted by Gasteiger charge is -2.21. The second-order valence-corrected chi connectivity index (χ2v) is 6.13. The van der Waals surface area contributed by atoms with Gasteiger partial charge in [-0.1, -0.05) is 19.9 Å². The first-order valence-corrected chi connectivity index (χ1v) is 7.97. The van der Waals surface area contributed by atoms with Crippen molar-refractivity contribution in [3.8, 4) is 0 Å². The van der Waals surface area contributed by atoms with Crippen LogP contribution in [0.25, 0.3) is 0 Å². The number of hydrogen-bond acceptors (Lipinski definition) is 5. The number of nitrogens with one attached hydrogen (secondary N) is 1. The highest BCUT2D eigenvalue weighted by molar-refractivity contribution is 7.98. The molecule has 1 unspecified atom stereocenters. The fourth-order valence-corrected chi connectivity index (χ4v) is 3.06. The van der Waals surface area contributed by atoms with E-state index in [2.05, 4.69) is 46.6 Å². The summed E-state index contributed by atoms with van der Waals surface area (Å²) in [5, 5.41) is 6.60. The van der Waals surface area contributed by atoms with Crippen LogP contribution >= 0.6 is 23.1 Å². The monoisotopic (exact) mass is 279 g/mol. The minimum Gasteiger partial charge on any atom is -0.362 e. The molecule has 2 rings (SSSR count). The first-order chi connectivity index (χ1) is 8.70. The number of aromatic nitrogens is 2. The number of hydrogen-bond donors (Lipinski definition) is 1. The SMILES string of the molecule is CSc1cc(NC(c2cccs2)C(C)C)ncn1. The Morgan fingerprint density at radius 3 is 2.78 bits per heavy atom. The van der Waals surface area contributed by atoms with Gasteiger partial charge in [-0.2, -0.15) is 0 Å². The molecule has 0 amide bonds. The standard InChI is InChI=1S/C13H17N3S2/c1-9(2)13(10-5-4-6-18-10)16-11-7-12(17-3)15-8-14-11/h4-9,13H,1-3H3,(H,14,15,16). The lowest BCUT2D eigenvalue weighted by molar-refractivity contribution is 0.551. The van der Waals surface area contributed by atoms with Gasteiger partial charge >= 0.3 is 0 Å². The van der Waals surface area contributed by atoms with Gasteiger partial charge in [-0.05, 0) is 23.6 Å². The molecule has 0 radical (unpaired) electrons. The zero-order chi connectivity index (χ0) is 13.0. The van der Waals surface area contributed by atoms with Crippen molar-refractivity contribution in [2.75, 3.05) is 11.6 Å². The summed E-state index contributed by atoms with van der Waals surface area (Å²) < 4.78 is 0. The molecule has 96 valence electrons. The zero-order valence-electron chi connectivity index (χ0n) is 10.8. The van der Waals surface area contributed by atoms with Crippen LogP contribution < -0.4 is 5.32 Å². The van der Waals surface area contributed by atoms with Crippen molar-refractivity contribution in [2.24, 2.45) is 5.92 Å². The molecule has 0 saturated carbocycles. The molecule has 0 bridgehead atoms. The average Bonchev–Trinajstić information content (AvgIpc) is 2.89. The van der Waals surface area contributed by atoms with Crippen molar-refractivity contribution in [3.63, 3.8) is 0 Å². The van der Waals surface area contributed by atoms with Crippen molar-refractivity contribution in [2.45, 2.75) is 24.9 Å². The number of rotatable bonds is 5. The predicted octanol–water partition coefficient (Wildman–Crippen LogP) is 4.07. The van der Waals surface area contributed by atoms with E-state index in [-0.39, 0.29) is 0 Å². The molecule has 2 aromatic rings. The molecular formula is C13H17N3S2. The van der Waals surface area contributed by atoms with Gasteiger partial charge in [0.05, 0.1) is 6.04 Å². The van der Waals surface area contributed by atoms with Gasteiger partial charge in [-0.15, -0.1) is 23.1 Å². The molecule has 0 spiro atoms. The molecule has 3 nitrogen and oxygen atoms in total. The van der Waals surface area contributed by atoms with Crippen molar-refractivity contribution in [1.29, 1.82) is 0 Å². The Balaban J connectivity index is 2.18. The van der Waals surface area contributed by atoms with Crippen molar-refractivity contribution in [3.05, 3.63) is 34.8 Å². The van der Waals surface area contributed by atoms with Gasteiger partial charge in [-0.3, -0.25) is 0 Å². The van der Waals surface area contributed by atoms with Crippen LogP contribution in [0.15, 0.2) is 34.9 Å². The number of thioether (sulfide) groups is 1. The summed E-state index contributed by atoms with van der Waals surface area (Å²) in [6, 6.07) is 6.55. The van der Waals surface area contributed by atoms with E-state index in [4.69, 9.17) is 0 Å². The summed E-state index contributed by atoms with van der Waals surface area (Å²) in [5.74, 6) is 1.40. The molecule has 0 saturated heterocycles. The van der Waals surface area contributed by atoms with Crippen LogP contribution in [0.2, 0.25) is 0 Å². The largest absolute Gasteiger partial charge is 0.362 e. The van der Waals surface area contributed by atoms with Crippen molar-refractivity contribution >= 4 is 28.9 Å². The maximum Gasteiger partial charge on any atom is 0.130 e. The average molecular weight is 279 g/mol. The lowest BCUT2D eigenvalue weighted by atomic mass is 10.0. The number of nitrogens with zero attached hydrogens (tertiary/aromatic N) is 2. The summed E-state index contributed by atoms with van der Waals surface area (Å²) in [6.45, 7) is 4.43. The Labute approximate surface area is 116 Å². The molecular weight excluding hydrogens is 262 g/mol. The Morgan fingerprint density at radius 2 is 2.17 bits per heavy atom. The Bertz CT molecular complexity index is 483. The summed E-state index contributed by atoms with van der Waals surface area (Å²) >= 11 is 3.40. The quantitative estimate of drug-likeness (QED) is 0.661. The second kappa shape index (κ2) is 6.20. The minimum absolute atomic E-state index is 0.301.